The van der Waals surface area contributed by atoms with Crippen LogP contribution in [0, 0.1) is 29.1 Å². The zero-order valence-corrected chi connectivity index (χ0v) is 11.3. The minimum absolute atomic E-state index is 0.0888. The van der Waals surface area contributed by atoms with E-state index in [9.17, 15) is 4.79 Å². The predicted octanol–water partition coefficient (Wildman–Crippen LogP) is 1.29. The Morgan fingerprint density at radius 3 is 3.00 bits per heavy atom. The highest BCUT2D eigenvalue weighted by Crippen LogP contribution is 2.15. The summed E-state index contributed by atoms with van der Waals surface area (Å²) in [6.07, 6.45) is 0. The molecule has 0 aromatic carbocycles. The second kappa shape index (κ2) is 6.80. The maximum atomic E-state index is 12.0. The van der Waals surface area contributed by atoms with Gasteiger partial charge >= 0.3 is 0 Å². The number of hydrogen-bond donors (Lipinski definition) is 1. The van der Waals surface area contributed by atoms with Crippen LogP contribution in [0.15, 0.2) is 11.4 Å². The van der Waals surface area contributed by atoms with E-state index in [1.165, 1.54) is 11.3 Å². The van der Waals surface area contributed by atoms with Gasteiger partial charge in [-0.1, -0.05) is 11.8 Å². The molecule has 0 aliphatic carbocycles. The van der Waals surface area contributed by atoms with Crippen molar-refractivity contribution in [1.82, 2.24) is 4.90 Å². The van der Waals surface area contributed by atoms with E-state index in [1.54, 1.807) is 30.3 Å². The molecular formula is C13H15N3OS. The molecule has 18 heavy (non-hydrogen) atoms. The van der Waals surface area contributed by atoms with Crippen molar-refractivity contribution in [3.05, 3.63) is 21.9 Å². The van der Waals surface area contributed by atoms with Crippen molar-refractivity contribution in [1.29, 1.82) is 5.26 Å². The van der Waals surface area contributed by atoms with Crippen LogP contribution in [-0.2, 0) is 0 Å². The van der Waals surface area contributed by atoms with E-state index in [2.05, 4.69) is 17.9 Å². The van der Waals surface area contributed by atoms with Crippen LogP contribution in [0.1, 0.15) is 22.2 Å². The van der Waals surface area contributed by atoms with E-state index in [1.807, 2.05) is 0 Å². The van der Waals surface area contributed by atoms with Crippen molar-refractivity contribution in [2.45, 2.75) is 6.92 Å². The lowest BCUT2D eigenvalue weighted by atomic mass is 10.2. The van der Waals surface area contributed by atoms with Gasteiger partial charge in [-0.15, -0.1) is 11.3 Å². The van der Waals surface area contributed by atoms with Crippen LogP contribution >= 0.6 is 11.3 Å². The van der Waals surface area contributed by atoms with Gasteiger partial charge in [-0.2, -0.15) is 5.26 Å². The Labute approximate surface area is 111 Å². The van der Waals surface area contributed by atoms with E-state index in [0.717, 1.165) is 4.88 Å². The fourth-order valence-electron chi connectivity index (χ4n) is 1.41. The summed E-state index contributed by atoms with van der Waals surface area (Å²) in [6.45, 7) is 2.52. The summed E-state index contributed by atoms with van der Waals surface area (Å²) < 4.78 is 0. The maximum Gasteiger partial charge on any atom is 0.254 e. The molecule has 1 amide bonds. The molecular weight excluding hydrogens is 246 g/mol. The molecule has 0 spiro atoms. The standard InChI is InChI=1S/C13H15N3OS/c1-10(7-15)8-16(2)13(17)11-6-12(18-9-11)4-3-5-14/h6,9-10H,5,8,14H2,1-2H3. The van der Waals surface area contributed by atoms with E-state index in [0.29, 0.717) is 18.7 Å². The Morgan fingerprint density at radius 1 is 1.67 bits per heavy atom. The van der Waals surface area contributed by atoms with Gasteiger partial charge in [0, 0.05) is 19.0 Å². The minimum atomic E-state index is -0.172. The number of carbonyl (C=O) groups is 1. The fraction of sp³-hybridized carbons (Fsp3) is 0.385. The molecule has 0 saturated heterocycles. The van der Waals surface area contributed by atoms with Crippen molar-refractivity contribution in [2.75, 3.05) is 20.1 Å². The number of nitrogens with two attached hydrogens (primary N) is 1. The topological polar surface area (TPSA) is 70.1 Å². The number of amides is 1. The third kappa shape index (κ3) is 3.89. The molecule has 4 nitrogen and oxygen atoms in total. The second-order valence-electron chi connectivity index (χ2n) is 3.92. The van der Waals surface area contributed by atoms with Crippen molar-refractivity contribution in [3.8, 4) is 17.9 Å². The zero-order valence-electron chi connectivity index (χ0n) is 10.4. The molecule has 1 atom stereocenters. The highest BCUT2D eigenvalue weighted by Gasteiger charge is 2.15. The summed E-state index contributed by atoms with van der Waals surface area (Å²) >= 11 is 1.42. The number of nitrogens with zero attached hydrogens (tertiary/aromatic N) is 2. The van der Waals surface area contributed by atoms with Crippen LogP contribution < -0.4 is 5.73 Å². The third-order valence-corrected chi connectivity index (χ3v) is 3.12. The lowest BCUT2D eigenvalue weighted by molar-refractivity contribution is 0.0785. The molecule has 0 aliphatic heterocycles. The molecule has 1 aromatic heterocycles. The lowest BCUT2D eigenvalue weighted by Gasteiger charge is -2.17. The van der Waals surface area contributed by atoms with Crippen molar-refractivity contribution >= 4 is 17.2 Å². The summed E-state index contributed by atoms with van der Waals surface area (Å²) in [5, 5.41) is 10.5. The summed E-state index contributed by atoms with van der Waals surface area (Å²) in [5.41, 5.74) is 5.89. The Morgan fingerprint density at radius 2 is 2.39 bits per heavy atom. The number of carbonyl (C=O) groups excluding carboxylic acids is 1. The van der Waals surface area contributed by atoms with Crippen LogP contribution in [0.5, 0.6) is 0 Å². The first-order chi connectivity index (χ1) is 8.58. The van der Waals surface area contributed by atoms with Gasteiger partial charge in [-0.3, -0.25) is 4.79 Å². The molecule has 0 saturated carbocycles. The monoisotopic (exact) mass is 261 g/mol. The Bertz CT molecular complexity index is 518. The Kier molecular flexibility index (Phi) is 5.38. The highest BCUT2D eigenvalue weighted by atomic mass is 32.1. The molecule has 5 heteroatoms. The van der Waals surface area contributed by atoms with Crippen molar-refractivity contribution in [2.24, 2.45) is 11.7 Å². The summed E-state index contributed by atoms with van der Waals surface area (Å²) in [6, 6.07) is 3.86. The van der Waals surface area contributed by atoms with Crippen LogP contribution in [0.3, 0.4) is 0 Å². The first-order valence-electron chi connectivity index (χ1n) is 5.51. The first kappa shape index (κ1) is 14.2. The molecule has 2 N–H and O–H groups in total. The van der Waals surface area contributed by atoms with Gasteiger partial charge in [0.1, 0.15) is 0 Å². The average molecular weight is 261 g/mol. The Balaban J connectivity index is 2.72. The molecule has 0 fully saturated rings. The molecule has 1 rings (SSSR count). The smallest absolute Gasteiger partial charge is 0.254 e. The first-order valence-corrected chi connectivity index (χ1v) is 6.39. The molecule has 0 bridgehead atoms. The summed E-state index contributed by atoms with van der Waals surface area (Å²) in [7, 11) is 1.69. The number of hydrogen-bond acceptors (Lipinski definition) is 4. The van der Waals surface area contributed by atoms with E-state index < -0.39 is 0 Å². The van der Waals surface area contributed by atoms with Gasteiger partial charge in [-0.25, -0.2) is 0 Å². The highest BCUT2D eigenvalue weighted by molar-refractivity contribution is 7.10. The largest absolute Gasteiger partial charge is 0.340 e. The van der Waals surface area contributed by atoms with Crippen LogP contribution in [0.4, 0.5) is 0 Å². The maximum absolute atomic E-state index is 12.0. The second-order valence-corrected chi connectivity index (χ2v) is 4.83. The zero-order chi connectivity index (χ0) is 13.5. The number of rotatable bonds is 3. The van der Waals surface area contributed by atoms with Crippen LogP contribution in [0.2, 0.25) is 0 Å². The van der Waals surface area contributed by atoms with Gasteiger partial charge in [0.15, 0.2) is 0 Å². The van der Waals surface area contributed by atoms with Gasteiger partial charge < -0.3 is 10.6 Å². The molecule has 0 aliphatic rings. The van der Waals surface area contributed by atoms with Gasteiger partial charge in [0.2, 0.25) is 0 Å². The van der Waals surface area contributed by atoms with Gasteiger partial charge in [0.05, 0.1) is 29.0 Å². The van der Waals surface area contributed by atoms with Crippen LogP contribution in [0.25, 0.3) is 0 Å². The van der Waals surface area contributed by atoms with E-state index >= 15 is 0 Å². The minimum Gasteiger partial charge on any atom is -0.340 e. The average Bonchev–Trinajstić information content (AvgIpc) is 2.83. The molecule has 1 unspecified atom stereocenters. The van der Waals surface area contributed by atoms with Gasteiger partial charge in [-0.05, 0) is 13.0 Å². The SMILES string of the molecule is CC(C#N)CN(C)C(=O)c1csc(C#CCN)c1. The number of thiophene rings is 1. The van der Waals surface area contributed by atoms with E-state index in [4.69, 9.17) is 11.0 Å². The molecule has 1 heterocycles. The fourth-order valence-corrected chi connectivity index (χ4v) is 2.16. The van der Waals surface area contributed by atoms with Crippen LogP contribution in [-0.4, -0.2) is 30.9 Å². The summed E-state index contributed by atoms with van der Waals surface area (Å²) in [5.74, 6) is 5.38. The third-order valence-electron chi connectivity index (χ3n) is 2.27. The van der Waals surface area contributed by atoms with Crippen molar-refractivity contribution in [3.63, 3.8) is 0 Å². The van der Waals surface area contributed by atoms with Crippen molar-refractivity contribution < 1.29 is 4.79 Å². The Hall–Kier alpha value is -1.82. The quantitative estimate of drug-likeness (QED) is 0.833. The normalized spacial score (nSPS) is 11.0. The molecule has 1 aromatic rings. The number of nitriles is 1. The molecule has 94 valence electrons. The lowest BCUT2D eigenvalue weighted by Crippen LogP contribution is -2.30. The van der Waals surface area contributed by atoms with E-state index in [-0.39, 0.29) is 11.8 Å². The summed E-state index contributed by atoms with van der Waals surface area (Å²) in [4.78, 5) is 14.4. The van der Waals surface area contributed by atoms with Gasteiger partial charge in [0.25, 0.3) is 5.91 Å². The predicted molar refractivity (Wildman–Crippen MR) is 72.0 cm³/mol. The molecule has 0 radical (unpaired) electrons.